The summed E-state index contributed by atoms with van der Waals surface area (Å²) in [7, 11) is 4.01. The lowest BCUT2D eigenvalue weighted by Gasteiger charge is -2.32. The van der Waals surface area contributed by atoms with Gasteiger partial charge in [-0.05, 0) is 62.6 Å². The lowest BCUT2D eigenvalue weighted by Crippen LogP contribution is -2.39. The molecule has 0 aliphatic carbocycles. The Labute approximate surface area is 225 Å². The van der Waals surface area contributed by atoms with E-state index in [0.29, 0.717) is 38.2 Å². The number of hydrogen-bond donors (Lipinski definition) is 1. The Kier molecular flexibility index (Phi) is 9.00. The van der Waals surface area contributed by atoms with Crippen LogP contribution in [0.5, 0.6) is 5.75 Å². The first-order chi connectivity index (χ1) is 18.4. The van der Waals surface area contributed by atoms with Crippen LogP contribution in [0.3, 0.4) is 0 Å². The molecule has 1 aromatic heterocycles. The van der Waals surface area contributed by atoms with Gasteiger partial charge >= 0.3 is 0 Å². The molecule has 0 spiro atoms. The molecule has 2 aromatic carbocycles. The monoisotopic (exact) mass is 514 g/mol. The highest BCUT2D eigenvalue weighted by Crippen LogP contribution is 2.30. The van der Waals surface area contributed by atoms with Gasteiger partial charge in [-0.3, -0.25) is 14.6 Å². The summed E-state index contributed by atoms with van der Waals surface area (Å²) in [5.74, 6) is 0.917. The Morgan fingerprint density at radius 1 is 1.03 bits per heavy atom. The topological polar surface area (TPSA) is 74.8 Å². The fraction of sp³-hybridized carbons (Fsp3) is 0.387. The third-order valence-corrected chi connectivity index (χ3v) is 7.06. The van der Waals surface area contributed by atoms with Gasteiger partial charge in [0.15, 0.2) is 0 Å². The third-order valence-electron chi connectivity index (χ3n) is 7.06. The number of benzene rings is 2. The number of carbonyl (C=O) groups is 2. The number of aromatic nitrogens is 1. The predicted octanol–water partition coefficient (Wildman–Crippen LogP) is 4.73. The van der Waals surface area contributed by atoms with E-state index in [1.54, 1.807) is 0 Å². The molecule has 1 aliphatic rings. The number of pyridine rings is 1. The lowest BCUT2D eigenvalue weighted by atomic mass is 9.89. The number of nitrogens with zero attached hydrogens (tertiary/aromatic N) is 3. The van der Waals surface area contributed by atoms with Crippen LogP contribution in [0.1, 0.15) is 58.6 Å². The molecule has 4 rings (SSSR count). The van der Waals surface area contributed by atoms with Crippen LogP contribution in [-0.2, 0) is 17.8 Å². The summed E-state index contributed by atoms with van der Waals surface area (Å²) in [5.41, 5.74) is 5.39. The molecule has 0 atom stereocenters. The van der Waals surface area contributed by atoms with Crippen molar-refractivity contribution in [1.82, 2.24) is 15.2 Å². The fourth-order valence-electron chi connectivity index (χ4n) is 4.90. The Hall–Kier alpha value is -3.87. The number of likely N-dealkylation sites (tertiary alicyclic amines) is 1. The average Bonchev–Trinajstić information content (AvgIpc) is 2.93. The molecule has 3 aromatic rings. The van der Waals surface area contributed by atoms with Gasteiger partial charge in [0.05, 0.1) is 24.3 Å². The summed E-state index contributed by atoms with van der Waals surface area (Å²) in [4.78, 5) is 35.0. The Morgan fingerprint density at radius 2 is 1.74 bits per heavy atom. The lowest BCUT2D eigenvalue weighted by molar-refractivity contribution is -0.131. The second-order valence-electron chi connectivity index (χ2n) is 10.0. The molecule has 0 bridgehead atoms. The number of aryl methyl sites for hydroxylation is 1. The zero-order chi connectivity index (χ0) is 27.1. The van der Waals surface area contributed by atoms with Crippen LogP contribution < -0.4 is 15.0 Å². The maximum Gasteiger partial charge on any atom is 0.253 e. The molecule has 7 nitrogen and oxygen atoms in total. The second-order valence-corrected chi connectivity index (χ2v) is 10.0. The normalized spacial score (nSPS) is 13.7. The summed E-state index contributed by atoms with van der Waals surface area (Å²) in [6.07, 6.45) is 1.97. The van der Waals surface area contributed by atoms with Gasteiger partial charge in [0.1, 0.15) is 5.75 Å². The number of carbonyl (C=O) groups excluding carboxylic acids is 2. The molecule has 1 N–H and O–H groups in total. The van der Waals surface area contributed by atoms with Crippen molar-refractivity contribution >= 4 is 17.5 Å². The van der Waals surface area contributed by atoms with Gasteiger partial charge in [-0.15, -0.1) is 0 Å². The minimum absolute atomic E-state index is 0.134. The molecule has 2 heterocycles. The number of piperidine rings is 1. The summed E-state index contributed by atoms with van der Waals surface area (Å²) >= 11 is 0. The minimum Gasteiger partial charge on any atom is -0.494 e. The van der Waals surface area contributed by atoms with E-state index in [-0.39, 0.29) is 17.7 Å². The molecule has 2 amide bonds. The SMILES string of the molecule is CCOc1ccccc1CNC(=O)c1ccc(C)nc1C1CCN(C(=O)Cc2ccc(N(C)C)cc2)CC1. The van der Waals surface area contributed by atoms with Crippen LogP contribution in [0.2, 0.25) is 0 Å². The number of ether oxygens (including phenoxy) is 1. The molecule has 1 saturated heterocycles. The summed E-state index contributed by atoms with van der Waals surface area (Å²) in [6.45, 7) is 6.17. The molecule has 200 valence electrons. The molecule has 1 fully saturated rings. The van der Waals surface area contributed by atoms with Crippen molar-refractivity contribution in [1.29, 1.82) is 0 Å². The van der Waals surface area contributed by atoms with Gasteiger partial charge in [0, 0.05) is 56.6 Å². The predicted molar refractivity (Wildman–Crippen MR) is 151 cm³/mol. The molecular weight excluding hydrogens is 476 g/mol. The van der Waals surface area contributed by atoms with Crippen LogP contribution >= 0.6 is 0 Å². The Morgan fingerprint density at radius 3 is 2.42 bits per heavy atom. The van der Waals surface area contributed by atoms with E-state index in [4.69, 9.17) is 9.72 Å². The van der Waals surface area contributed by atoms with E-state index in [0.717, 1.165) is 46.8 Å². The second kappa shape index (κ2) is 12.6. The number of para-hydroxylation sites is 1. The van der Waals surface area contributed by atoms with E-state index in [2.05, 4.69) is 5.32 Å². The molecule has 1 aliphatic heterocycles. The number of rotatable bonds is 9. The Balaban J connectivity index is 1.38. The molecule has 0 unspecified atom stereocenters. The van der Waals surface area contributed by atoms with E-state index in [1.165, 1.54) is 0 Å². The van der Waals surface area contributed by atoms with Crippen molar-refractivity contribution in [2.24, 2.45) is 0 Å². The summed E-state index contributed by atoms with van der Waals surface area (Å²) < 4.78 is 5.69. The first-order valence-corrected chi connectivity index (χ1v) is 13.4. The zero-order valence-corrected chi connectivity index (χ0v) is 22.9. The number of anilines is 1. The summed E-state index contributed by atoms with van der Waals surface area (Å²) in [6, 6.07) is 19.6. The molecule has 0 radical (unpaired) electrons. The molecule has 0 saturated carbocycles. The van der Waals surface area contributed by atoms with Crippen molar-refractivity contribution in [3.05, 3.63) is 88.7 Å². The van der Waals surface area contributed by atoms with E-state index in [9.17, 15) is 9.59 Å². The first-order valence-electron chi connectivity index (χ1n) is 13.4. The van der Waals surface area contributed by atoms with Crippen LogP contribution in [0.25, 0.3) is 0 Å². The highest BCUT2D eigenvalue weighted by molar-refractivity contribution is 5.95. The Bertz CT molecular complexity index is 1250. The fourth-order valence-corrected chi connectivity index (χ4v) is 4.90. The number of hydrogen-bond acceptors (Lipinski definition) is 5. The third kappa shape index (κ3) is 6.71. The molecular formula is C31H38N4O3. The van der Waals surface area contributed by atoms with Crippen molar-refractivity contribution < 1.29 is 14.3 Å². The smallest absolute Gasteiger partial charge is 0.253 e. The highest BCUT2D eigenvalue weighted by atomic mass is 16.5. The maximum atomic E-state index is 13.2. The van der Waals surface area contributed by atoms with Gasteiger partial charge in [-0.1, -0.05) is 30.3 Å². The van der Waals surface area contributed by atoms with Gasteiger partial charge < -0.3 is 19.9 Å². The standard InChI is InChI=1S/C31H38N4O3/c1-5-38-28-9-7-6-8-25(28)21-32-31(37)27-15-10-22(2)33-30(27)24-16-18-35(19-17-24)29(36)20-23-11-13-26(14-12-23)34(3)4/h6-15,24H,5,16-21H2,1-4H3,(H,32,37). The number of nitrogens with one attached hydrogen (secondary N) is 1. The van der Waals surface area contributed by atoms with Gasteiger partial charge in [-0.25, -0.2) is 0 Å². The molecule has 7 heteroatoms. The minimum atomic E-state index is -0.140. The first kappa shape index (κ1) is 27.2. The summed E-state index contributed by atoms with van der Waals surface area (Å²) in [5, 5.41) is 3.05. The van der Waals surface area contributed by atoms with Crippen LogP contribution in [-0.4, -0.2) is 55.5 Å². The highest BCUT2D eigenvalue weighted by Gasteiger charge is 2.28. The largest absolute Gasteiger partial charge is 0.494 e. The van der Waals surface area contributed by atoms with Crippen molar-refractivity contribution in [3.8, 4) is 5.75 Å². The van der Waals surface area contributed by atoms with E-state index in [1.807, 2.05) is 98.4 Å². The van der Waals surface area contributed by atoms with Gasteiger partial charge in [0.2, 0.25) is 5.91 Å². The van der Waals surface area contributed by atoms with Gasteiger partial charge in [-0.2, -0.15) is 0 Å². The van der Waals surface area contributed by atoms with Crippen LogP contribution in [0.4, 0.5) is 5.69 Å². The quantitative estimate of drug-likeness (QED) is 0.447. The maximum absolute atomic E-state index is 13.2. The van der Waals surface area contributed by atoms with Gasteiger partial charge in [0.25, 0.3) is 5.91 Å². The number of amides is 2. The average molecular weight is 515 g/mol. The van der Waals surface area contributed by atoms with Crippen molar-refractivity contribution in [2.75, 3.05) is 38.7 Å². The zero-order valence-electron chi connectivity index (χ0n) is 22.9. The van der Waals surface area contributed by atoms with Crippen molar-refractivity contribution in [2.45, 2.75) is 45.6 Å². The van der Waals surface area contributed by atoms with Crippen LogP contribution in [0, 0.1) is 6.92 Å². The van der Waals surface area contributed by atoms with Crippen LogP contribution in [0.15, 0.2) is 60.7 Å². The van der Waals surface area contributed by atoms with Crippen molar-refractivity contribution in [3.63, 3.8) is 0 Å². The van der Waals surface area contributed by atoms with E-state index < -0.39 is 0 Å². The van der Waals surface area contributed by atoms with E-state index >= 15 is 0 Å². The molecule has 38 heavy (non-hydrogen) atoms.